The first-order valence-corrected chi connectivity index (χ1v) is 21.5. The minimum absolute atomic E-state index is 0.0966. The molecule has 0 atom stereocenters. The summed E-state index contributed by atoms with van der Waals surface area (Å²) in [5.41, 5.74) is 25.0. The van der Waals surface area contributed by atoms with Crippen LogP contribution in [0.4, 0.5) is 0 Å². The summed E-state index contributed by atoms with van der Waals surface area (Å²) in [7, 11) is 0. The molecule has 0 unspecified atom stereocenters. The molecule has 8 aromatic rings. The maximum absolute atomic E-state index is 2.41. The van der Waals surface area contributed by atoms with Crippen LogP contribution >= 0.6 is 0 Å². The minimum atomic E-state index is 0.0966. The second-order valence-corrected chi connectivity index (χ2v) is 19.2. The number of rotatable bonds is 7. The first-order chi connectivity index (χ1) is 28.4. The van der Waals surface area contributed by atoms with Crippen LogP contribution in [0.15, 0.2) is 146 Å². The zero-order valence-corrected chi connectivity index (χ0v) is 37.8. The van der Waals surface area contributed by atoms with Gasteiger partial charge in [-0.05, 0) is 144 Å². The molecule has 60 heavy (non-hydrogen) atoms. The van der Waals surface area contributed by atoms with Gasteiger partial charge in [0, 0.05) is 57.4 Å². The van der Waals surface area contributed by atoms with E-state index in [9.17, 15) is 0 Å². The standard InChI is InChI=1S/C58H60N2/c1-37-13-17-43(18-14-37)53-35-59(51-25-21-49(22-26-51)57(7,8)9)41(5)55(53)47-31-39(3)29-45(33-47)46-30-40(4)32-48(34-46)56-42(6)60(36-54(56)44-19-15-38(2)16-20-44)52-27-23-50(24-28-52)58(10,11)12/h13-36H,1-12H3. The van der Waals surface area contributed by atoms with Crippen molar-refractivity contribution < 1.29 is 0 Å². The predicted molar refractivity (Wildman–Crippen MR) is 258 cm³/mol. The quantitative estimate of drug-likeness (QED) is 0.152. The maximum Gasteiger partial charge on any atom is 0.0452 e. The highest BCUT2D eigenvalue weighted by atomic mass is 15.0. The number of hydrogen-bond acceptors (Lipinski definition) is 0. The van der Waals surface area contributed by atoms with Crippen LogP contribution < -0.4 is 0 Å². The van der Waals surface area contributed by atoms with Crippen LogP contribution in [0, 0.1) is 41.5 Å². The summed E-state index contributed by atoms with van der Waals surface area (Å²) in [6.45, 7) is 27.0. The fourth-order valence-corrected chi connectivity index (χ4v) is 8.81. The van der Waals surface area contributed by atoms with Crippen molar-refractivity contribution >= 4 is 0 Å². The lowest BCUT2D eigenvalue weighted by Gasteiger charge is -2.19. The number of aryl methyl sites for hydroxylation is 4. The smallest absolute Gasteiger partial charge is 0.0452 e. The number of hydrogen-bond donors (Lipinski definition) is 0. The highest BCUT2D eigenvalue weighted by molar-refractivity contribution is 5.91. The molecule has 0 aliphatic rings. The number of nitrogens with zero attached hydrogens (tertiary/aromatic N) is 2. The number of aromatic nitrogens is 2. The summed E-state index contributed by atoms with van der Waals surface area (Å²) in [5.74, 6) is 0. The van der Waals surface area contributed by atoms with E-state index in [1.807, 2.05) is 0 Å². The molecule has 0 fully saturated rings. The monoisotopic (exact) mass is 784 g/mol. The van der Waals surface area contributed by atoms with E-state index in [-0.39, 0.29) is 10.8 Å². The topological polar surface area (TPSA) is 9.86 Å². The van der Waals surface area contributed by atoms with E-state index in [2.05, 4.69) is 238 Å². The zero-order valence-electron chi connectivity index (χ0n) is 37.8. The summed E-state index contributed by atoms with van der Waals surface area (Å²) in [6.07, 6.45) is 4.68. The third-order valence-corrected chi connectivity index (χ3v) is 12.3. The van der Waals surface area contributed by atoms with Gasteiger partial charge in [-0.3, -0.25) is 0 Å². The molecule has 2 heterocycles. The van der Waals surface area contributed by atoms with Crippen molar-refractivity contribution in [3.63, 3.8) is 0 Å². The van der Waals surface area contributed by atoms with Gasteiger partial charge in [0.05, 0.1) is 0 Å². The van der Waals surface area contributed by atoms with Crippen molar-refractivity contribution in [3.05, 3.63) is 191 Å². The SMILES string of the molecule is Cc1ccc(-c2cn(-c3ccc(C(C)(C)C)cc3)c(C)c2-c2cc(C)cc(-c3cc(C)cc(-c4c(-c5ccc(C)cc5)cn(-c5ccc(C(C)(C)C)cc5)c4C)c3)c2)cc1. The Hall–Kier alpha value is -6.12. The first kappa shape index (κ1) is 40.7. The van der Waals surface area contributed by atoms with E-state index in [4.69, 9.17) is 0 Å². The van der Waals surface area contributed by atoms with Crippen molar-refractivity contribution in [2.75, 3.05) is 0 Å². The molecule has 8 rings (SSSR count). The molecule has 2 nitrogen and oxygen atoms in total. The molecule has 0 saturated heterocycles. The highest BCUT2D eigenvalue weighted by Gasteiger charge is 2.22. The zero-order chi connectivity index (χ0) is 42.7. The van der Waals surface area contributed by atoms with Crippen molar-refractivity contribution in [1.82, 2.24) is 9.13 Å². The average molecular weight is 785 g/mol. The van der Waals surface area contributed by atoms with Crippen molar-refractivity contribution in [2.24, 2.45) is 0 Å². The molecule has 0 aliphatic carbocycles. The molecule has 0 radical (unpaired) electrons. The van der Waals surface area contributed by atoms with Crippen molar-refractivity contribution in [1.29, 1.82) is 0 Å². The molecule has 6 aromatic carbocycles. The molecule has 2 heteroatoms. The molecule has 0 saturated carbocycles. The van der Waals surface area contributed by atoms with Crippen LogP contribution in [-0.4, -0.2) is 9.13 Å². The van der Waals surface area contributed by atoms with E-state index in [0.29, 0.717) is 0 Å². The van der Waals surface area contributed by atoms with Crippen LogP contribution in [0.3, 0.4) is 0 Å². The Labute approximate surface area is 359 Å². The van der Waals surface area contributed by atoms with Crippen LogP contribution in [0.25, 0.3) is 67.0 Å². The molecule has 0 N–H and O–H groups in total. The number of benzene rings is 6. The van der Waals surface area contributed by atoms with Gasteiger partial charge in [-0.15, -0.1) is 0 Å². The van der Waals surface area contributed by atoms with Crippen LogP contribution in [0.5, 0.6) is 0 Å². The minimum Gasteiger partial charge on any atom is -0.320 e. The van der Waals surface area contributed by atoms with Crippen molar-refractivity contribution in [2.45, 2.75) is 93.9 Å². The Morgan fingerprint density at radius 1 is 0.317 bits per heavy atom. The van der Waals surface area contributed by atoms with Gasteiger partial charge in [0.15, 0.2) is 0 Å². The third kappa shape index (κ3) is 7.96. The van der Waals surface area contributed by atoms with Crippen LogP contribution in [0.1, 0.15) is 86.3 Å². The average Bonchev–Trinajstić information content (AvgIpc) is 3.74. The normalized spacial score (nSPS) is 12.0. The predicted octanol–water partition coefficient (Wildman–Crippen LogP) is 16.0. The maximum atomic E-state index is 2.41. The van der Waals surface area contributed by atoms with Gasteiger partial charge < -0.3 is 9.13 Å². The summed E-state index contributed by atoms with van der Waals surface area (Å²) >= 11 is 0. The Morgan fingerprint density at radius 3 is 0.950 bits per heavy atom. The fourth-order valence-electron chi connectivity index (χ4n) is 8.81. The summed E-state index contributed by atoms with van der Waals surface area (Å²) < 4.78 is 4.75. The highest BCUT2D eigenvalue weighted by Crippen LogP contribution is 2.43. The van der Waals surface area contributed by atoms with Crippen molar-refractivity contribution in [3.8, 4) is 67.0 Å². The van der Waals surface area contributed by atoms with Gasteiger partial charge in [0.2, 0.25) is 0 Å². The summed E-state index contributed by atoms with van der Waals surface area (Å²) in [5, 5.41) is 0. The lowest BCUT2D eigenvalue weighted by atomic mass is 9.87. The van der Waals surface area contributed by atoms with Gasteiger partial charge in [-0.1, -0.05) is 150 Å². The van der Waals surface area contributed by atoms with Gasteiger partial charge in [0.25, 0.3) is 0 Å². The van der Waals surface area contributed by atoms with E-state index in [0.717, 1.165) is 0 Å². The largest absolute Gasteiger partial charge is 0.320 e. The van der Waals surface area contributed by atoms with E-state index in [1.54, 1.807) is 0 Å². The van der Waals surface area contributed by atoms with E-state index < -0.39 is 0 Å². The Morgan fingerprint density at radius 2 is 0.633 bits per heavy atom. The summed E-state index contributed by atoms with van der Waals surface area (Å²) in [4.78, 5) is 0. The molecule has 0 amide bonds. The third-order valence-electron chi connectivity index (χ3n) is 12.3. The first-order valence-electron chi connectivity index (χ1n) is 21.5. The molecular formula is C58H60N2. The van der Waals surface area contributed by atoms with E-state index in [1.165, 1.54) is 112 Å². The molecule has 0 bridgehead atoms. The molecule has 2 aromatic heterocycles. The van der Waals surface area contributed by atoms with Gasteiger partial charge in [-0.25, -0.2) is 0 Å². The van der Waals surface area contributed by atoms with Gasteiger partial charge in [-0.2, -0.15) is 0 Å². The fraction of sp³-hybridized carbons (Fsp3) is 0.241. The Bertz CT molecular complexity index is 2630. The Kier molecular flexibility index (Phi) is 10.5. The molecule has 0 spiro atoms. The second kappa shape index (κ2) is 15.5. The van der Waals surface area contributed by atoms with Crippen LogP contribution in [0.2, 0.25) is 0 Å². The molecule has 0 aliphatic heterocycles. The van der Waals surface area contributed by atoms with Crippen LogP contribution in [-0.2, 0) is 10.8 Å². The van der Waals surface area contributed by atoms with Gasteiger partial charge >= 0.3 is 0 Å². The van der Waals surface area contributed by atoms with Gasteiger partial charge in [0.1, 0.15) is 0 Å². The lowest BCUT2D eigenvalue weighted by molar-refractivity contribution is 0.590. The summed E-state index contributed by atoms with van der Waals surface area (Å²) in [6, 6.07) is 50.4. The molecular weight excluding hydrogens is 725 g/mol. The second-order valence-electron chi connectivity index (χ2n) is 19.2. The van der Waals surface area contributed by atoms with E-state index >= 15 is 0 Å². The lowest BCUT2D eigenvalue weighted by Crippen LogP contribution is -2.10. The molecule has 302 valence electrons. The Balaban J connectivity index is 1.28.